The Kier molecular flexibility index (Phi) is 5.98. The third-order valence-corrected chi connectivity index (χ3v) is 5.09. The van der Waals surface area contributed by atoms with Gasteiger partial charge in [0, 0.05) is 48.7 Å². The van der Waals surface area contributed by atoms with Crippen molar-refractivity contribution in [2.24, 2.45) is 5.73 Å². The Balaban J connectivity index is 2.17. The van der Waals surface area contributed by atoms with Gasteiger partial charge in [-0.1, -0.05) is 6.08 Å². The average molecular weight is 400 g/mol. The van der Waals surface area contributed by atoms with Gasteiger partial charge < -0.3 is 16.0 Å². The van der Waals surface area contributed by atoms with Crippen molar-refractivity contribution in [3.63, 3.8) is 0 Å². The fourth-order valence-electron chi connectivity index (χ4n) is 3.69. The van der Waals surface area contributed by atoms with Crippen molar-refractivity contribution in [2.75, 3.05) is 24.5 Å². The van der Waals surface area contributed by atoms with Crippen molar-refractivity contribution >= 4 is 11.6 Å². The molecule has 0 aliphatic carbocycles. The molecule has 7 heteroatoms. The summed E-state index contributed by atoms with van der Waals surface area (Å²) >= 11 is 0. The van der Waals surface area contributed by atoms with Gasteiger partial charge >= 0.3 is 0 Å². The molecule has 1 aromatic heterocycles. The number of carbonyl (C=O) groups is 1. The molecule has 0 saturated carbocycles. The van der Waals surface area contributed by atoms with Crippen LogP contribution < -0.4 is 16.0 Å². The number of rotatable bonds is 6. The van der Waals surface area contributed by atoms with E-state index in [0.717, 1.165) is 12.5 Å². The fourth-order valence-corrected chi connectivity index (χ4v) is 3.69. The molecular weight excluding hydrogens is 374 g/mol. The van der Waals surface area contributed by atoms with E-state index in [-0.39, 0.29) is 5.91 Å². The molecule has 1 atom stereocenters. The van der Waals surface area contributed by atoms with E-state index in [9.17, 15) is 13.6 Å². The van der Waals surface area contributed by atoms with E-state index in [1.807, 2.05) is 11.8 Å². The number of benzene rings is 1. The zero-order valence-corrected chi connectivity index (χ0v) is 16.8. The van der Waals surface area contributed by atoms with Crippen molar-refractivity contribution in [1.29, 1.82) is 0 Å². The van der Waals surface area contributed by atoms with E-state index in [1.54, 1.807) is 13.0 Å². The van der Waals surface area contributed by atoms with E-state index in [0.29, 0.717) is 54.1 Å². The molecule has 5 nitrogen and oxygen atoms in total. The minimum Gasteiger partial charge on any atom is -0.368 e. The summed E-state index contributed by atoms with van der Waals surface area (Å²) in [5.41, 5.74) is 8.32. The summed E-state index contributed by atoms with van der Waals surface area (Å²) in [5, 5.41) is 2.85. The van der Waals surface area contributed by atoms with Crippen LogP contribution in [0.25, 0.3) is 11.1 Å². The SMILES string of the molecule is C=CCCNC(=O)c1cnc(C)c(-c2cc(F)cc(F)c2)c1N1CC[C@](C)(N)C1. The molecule has 0 spiro atoms. The lowest BCUT2D eigenvalue weighted by molar-refractivity contribution is 0.0954. The van der Waals surface area contributed by atoms with Crippen LogP contribution in [0.15, 0.2) is 37.1 Å². The molecule has 1 aromatic carbocycles. The van der Waals surface area contributed by atoms with Gasteiger partial charge in [-0.3, -0.25) is 9.78 Å². The van der Waals surface area contributed by atoms with Crippen molar-refractivity contribution in [2.45, 2.75) is 32.2 Å². The Labute approximate surface area is 169 Å². The van der Waals surface area contributed by atoms with Crippen molar-refractivity contribution in [1.82, 2.24) is 10.3 Å². The molecule has 0 unspecified atom stereocenters. The first kappa shape index (κ1) is 20.9. The van der Waals surface area contributed by atoms with E-state index in [2.05, 4.69) is 16.9 Å². The van der Waals surface area contributed by atoms with Gasteiger partial charge in [-0.25, -0.2) is 8.78 Å². The van der Waals surface area contributed by atoms with Gasteiger partial charge in [0.1, 0.15) is 11.6 Å². The molecule has 0 bridgehead atoms. The van der Waals surface area contributed by atoms with Gasteiger partial charge in [0.25, 0.3) is 5.91 Å². The number of hydrogen-bond acceptors (Lipinski definition) is 4. The van der Waals surface area contributed by atoms with Crippen molar-refractivity contribution in [3.8, 4) is 11.1 Å². The summed E-state index contributed by atoms with van der Waals surface area (Å²) in [5.74, 6) is -1.66. The van der Waals surface area contributed by atoms with Gasteiger partial charge in [0.2, 0.25) is 0 Å². The third kappa shape index (κ3) is 4.62. The Morgan fingerprint density at radius 3 is 2.66 bits per heavy atom. The molecule has 1 aliphatic heterocycles. The zero-order chi connectivity index (χ0) is 21.2. The second-order valence-electron chi connectivity index (χ2n) is 7.80. The van der Waals surface area contributed by atoms with Gasteiger partial charge in [-0.05, 0) is 44.4 Å². The Hall–Kier alpha value is -2.80. The number of carbonyl (C=O) groups excluding carboxylic acids is 1. The van der Waals surface area contributed by atoms with E-state index >= 15 is 0 Å². The molecule has 1 amide bonds. The lowest BCUT2D eigenvalue weighted by atomic mass is 9.97. The molecule has 1 aliphatic rings. The molecule has 2 heterocycles. The highest BCUT2D eigenvalue weighted by Crippen LogP contribution is 2.39. The molecule has 29 heavy (non-hydrogen) atoms. The van der Waals surface area contributed by atoms with Gasteiger partial charge in [0.05, 0.1) is 11.3 Å². The van der Waals surface area contributed by atoms with E-state index < -0.39 is 17.2 Å². The molecule has 0 radical (unpaired) electrons. The quantitative estimate of drug-likeness (QED) is 0.574. The molecule has 1 saturated heterocycles. The van der Waals surface area contributed by atoms with Gasteiger partial charge in [0.15, 0.2) is 0 Å². The number of aryl methyl sites for hydroxylation is 1. The average Bonchev–Trinajstić information content (AvgIpc) is 3.00. The van der Waals surface area contributed by atoms with Crippen LogP contribution in [0, 0.1) is 18.6 Å². The summed E-state index contributed by atoms with van der Waals surface area (Å²) in [6.45, 7) is 8.96. The number of halogens is 2. The fraction of sp³-hybridized carbons (Fsp3) is 0.364. The monoisotopic (exact) mass is 400 g/mol. The number of nitrogens with zero attached hydrogens (tertiary/aromatic N) is 2. The molecule has 154 valence electrons. The van der Waals surface area contributed by atoms with Crippen molar-refractivity contribution in [3.05, 3.63) is 59.9 Å². The normalized spacial score (nSPS) is 18.7. The largest absolute Gasteiger partial charge is 0.368 e. The highest BCUT2D eigenvalue weighted by molar-refractivity contribution is 6.03. The van der Waals surface area contributed by atoms with Crippen molar-refractivity contribution < 1.29 is 13.6 Å². The molecule has 2 aromatic rings. The van der Waals surface area contributed by atoms with Crippen LogP contribution in [0.2, 0.25) is 0 Å². The maximum absolute atomic E-state index is 14.0. The third-order valence-electron chi connectivity index (χ3n) is 5.09. The summed E-state index contributed by atoms with van der Waals surface area (Å²) < 4.78 is 27.9. The van der Waals surface area contributed by atoms with Crippen LogP contribution in [0.5, 0.6) is 0 Å². The summed E-state index contributed by atoms with van der Waals surface area (Å²) in [4.78, 5) is 19.3. The van der Waals surface area contributed by atoms with Crippen LogP contribution in [0.4, 0.5) is 14.5 Å². The van der Waals surface area contributed by atoms with E-state index in [1.165, 1.54) is 18.3 Å². The second-order valence-corrected chi connectivity index (χ2v) is 7.80. The maximum Gasteiger partial charge on any atom is 0.254 e. The predicted octanol–water partition coefficient (Wildman–Crippen LogP) is 3.57. The van der Waals surface area contributed by atoms with Crippen LogP contribution in [0.3, 0.4) is 0 Å². The highest BCUT2D eigenvalue weighted by Gasteiger charge is 2.34. The Morgan fingerprint density at radius 2 is 2.07 bits per heavy atom. The number of pyridine rings is 1. The summed E-state index contributed by atoms with van der Waals surface area (Å²) in [7, 11) is 0. The lowest BCUT2D eigenvalue weighted by Crippen LogP contribution is -2.39. The zero-order valence-electron chi connectivity index (χ0n) is 16.8. The number of amides is 1. The standard InChI is InChI=1S/C22H26F2N4O/c1-4-5-7-26-21(29)18-12-27-14(2)19(15-9-16(23)11-17(24)10-15)20(18)28-8-6-22(3,25)13-28/h4,9-12H,1,5-8,13,25H2,2-3H3,(H,26,29)/t22-/m0/s1. The minimum absolute atomic E-state index is 0.293. The number of hydrogen-bond donors (Lipinski definition) is 2. The van der Waals surface area contributed by atoms with Crippen LogP contribution >= 0.6 is 0 Å². The summed E-state index contributed by atoms with van der Waals surface area (Å²) in [6, 6.07) is 3.34. The number of anilines is 1. The molecule has 3 rings (SSSR count). The highest BCUT2D eigenvalue weighted by atomic mass is 19.1. The Morgan fingerprint density at radius 1 is 1.38 bits per heavy atom. The number of aromatic nitrogens is 1. The molecular formula is C22H26F2N4O. The van der Waals surface area contributed by atoms with Crippen LogP contribution in [-0.4, -0.2) is 36.1 Å². The number of nitrogens with two attached hydrogens (primary N) is 1. The second kappa shape index (κ2) is 8.29. The van der Waals surface area contributed by atoms with Crippen LogP contribution in [0.1, 0.15) is 35.8 Å². The first-order chi connectivity index (χ1) is 13.7. The first-order valence-corrected chi connectivity index (χ1v) is 9.61. The number of nitrogens with one attached hydrogen (secondary N) is 1. The maximum atomic E-state index is 14.0. The summed E-state index contributed by atoms with van der Waals surface area (Å²) in [6.07, 6.45) is 4.60. The smallest absolute Gasteiger partial charge is 0.254 e. The van der Waals surface area contributed by atoms with Gasteiger partial charge in [-0.15, -0.1) is 6.58 Å². The lowest BCUT2D eigenvalue weighted by Gasteiger charge is -2.27. The minimum atomic E-state index is -0.684. The van der Waals surface area contributed by atoms with E-state index in [4.69, 9.17) is 5.73 Å². The molecule has 1 fully saturated rings. The van der Waals surface area contributed by atoms with Gasteiger partial charge in [-0.2, -0.15) is 0 Å². The predicted molar refractivity (Wildman–Crippen MR) is 111 cm³/mol. The molecule has 3 N–H and O–H groups in total. The topological polar surface area (TPSA) is 71.2 Å². The first-order valence-electron chi connectivity index (χ1n) is 9.61. The Bertz CT molecular complexity index is 922. The van der Waals surface area contributed by atoms with Crippen LogP contribution in [-0.2, 0) is 0 Å².